The lowest BCUT2D eigenvalue weighted by Gasteiger charge is -2.11. The van der Waals surface area contributed by atoms with Gasteiger partial charge in [-0.1, -0.05) is 44.2 Å². The first-order valence-corrected chi connectivity index (χ1v) is 9.08. The van der Waals surface area contributed by atoms with Crippen LogP contribution in [0.25, 0.3) is 0 Å². The van der Waals surface area contributed by atoms with Gasteiger partial charge in [0.1, 0.15) is 0 Å². The molecule has 0 saturated carbocycles. The highest BCUT2D eigenvalue weighted by Gasteiger charge is 2.21. The van der Waals surface area contributed by atoms with Crippen LogP contribution in [0.3, 0.4) is 0 Å². The number of halogens is 1. The molecule has 0 aliphatic carbocycles. The number of hydrogen-bond donors (Lipinski definition) is 1. The summed E-state index contributed by atoms with van der Waals surface area (Å²) in [6, 6.07) is 2.62. The van der Waals surface area contributed by atoms with Crippen molar-refractivity contribution >= 4 is 27.4 Å². The summed E-state index contributed by atoms with van der Waals surface area (Å²) in [5, 5.41) is 9.23. The summed E-state index contributed by atoms with van der Waals surface area (Å²) < 4.78 is 24.7. The highest BCUT2D eigenvalue weighted by Crippen LogP contribution is 2.26. The van der Waals surface area contributed by atoms with Crippen molar-refractivity contribution < 1.29 is 18.3 Å². The van der Waals surface area contributed by atoms with Gasteiger partial charge in [-0.25, -0.2) is 13.2 Å². The normalized spacial score (nSPS) is 11.6. The second-order valence-electron chi connectivity index (χ2n) is 5.11. The Bertz CT molecular complexity index is 608. The predicted molar refractivity (Wildman–Crippen MR) is 84.0 cm³/mol. The molecule has 0 aliphatic heterocycles. The summed E-state index contributed by atoms with van der Waals surface area (Å²) in [5.74, 6) is -1.15. The van der Waals surface area contributed by atoms with Gasteiger partial charge in [-0.2, -0.15) is 0 Å². The zero-order valence-electron chi connectivity index (χ0n) is 12.4. The predicted octanol–water partition coefficient (Wildman–Crippen LogP) is 4.09. The Morgan fingerprint density at radius 1 is 1.19 bits per heavy atom. The van der Waals surface area contributed by atoms with Crippen molar-refractivity contribution in [3.63, 3.8) is 0 Å². The zero-order valence-corrected chi connectivity index (χ0v) is 13.9. The van der Waals surface area contributed by atoms with Gasteiger partial charge in [-0.3, -0.25) is 0 Å². The number of carboxylic acids is 1. The molecule has 0 bridgehead atoms. The fourth-order valence-electron chi connectivity index (χ4n) is 2.20. The van der Waals surface area contributed by atoms with Gasteiger partial charge in [0.05, 0.1) is 16.2 Å². The molecule has 1 N–H and O–H groups in total. The first-order chi connectivity index (χ1) is 9.79. The van der Waals surface area contributed by atoms with Crippen molar-refractivity contribution in [2.24, 2.45) is 0 Å². The van der Waals surface area contributed by atoms with Crippen LogP contribution in [0.15, 0.2) is 17.0 Å². The molecule has 4 nitrogen and oxygen atoms in total. The summed E-state index contributed by atoms with van der Waals surface area (Å²) in [4.78, 5) is 11.2. The Morgan fingerprint density at radius 3 is 2.38 bits per heavy atom. The summed E-state index contributed by atoms with van der Waals surface area (Å²) in [5.41, 5.74) is 0.188. The van der Waals surface area contributed by atoms with Crippen molar-refractivity contribution in [2.45, 2.75) is 50.8 Å². The monoisotopic (exact) mass is 332 g/mol. The van der Waals surface area contributed by atoms with Gasteiger partial charge in [-0.15, -0.1) is 0 Å². The van der Waals surface area contributed by atoms with E-state index in [9.17, 15) is 13.2 Å². The Hall–Kier alpha value is -1.07. The van der Waals surface area contributed by atoms with E-state index in [4.69, 9.17) is 16.7 Å². The molecular weight excluding hydrogens is 312 g/mol. The molecule has 0 aliphatic rings. The first kappa shape index (κ1) is 18.0. The van der Waals surface area contributed by atoms with E-state index in [1.54, 1.807) is 0 Å². The van der Waals surface area contributed by atoms with Crippen molar-refractivity contribution in [3.05, 3.63) is 28.3 Å². The highest BCUT2D eigenvalue weighted by molar-refractivity contribution is 7.91. The lowest BCUT2D eigenvalue weighted by molar-refractivity contribution is 0.0696. The van der Waals surface area contributed by atoms with E-state index in [1.807, 2.05) is 0 Å². The zero-order chi connectivity index (χ0) is 16.0. The number of carboxylic acid groups (broad SMARTS) is 1. The van der Waals surface area contributed by atoms with Gasteiger partial charge in [0.2, 0.25) is 0 Å². The van der Waals surface area contributed by atoms with Crippen LogP contribution in [-0.2, 0) is 9.84 Å². The van der Waals surface area contributed by atoms with Crippen molar-refractivity contribution in [1.29, 1.82) is 0 Å². The van der Waals surface area contributed by atoms with Crippen LogP contribution < -0.4 is 0 Å². The SMILES string of the molecule is CCCCCCCS(=O)(=O)c1cc(Cl)cc(C(=O)O)c1C. The Labute approximate surface area is 131 Å². The van der Waals surface area contributed by atoms with Gasteiger partial charge < -0.3 is 5.11 Å². The quantitative estimate of drug-likeness (QED) is 0.728. The maximum Gasteiger partial charge on any atom is 0.336 e. The lowest BCUT2D eigenvalue weighted by atomic mass is 10.1. The smallest absolute Gasteiger partial charge is 0.336 e. The molecule has 118 valence electrons. The van der Waals surface area contributed by atoms with Crippen LogP contribution in [0.1, 0.15) is 54.9 Å². The van der Waals surface area contributed by atoms with Crippen LogP contribution in [-0.4, -0.2) is 25.2 Å². The summed E-state index contributed by atoms with van der Waals surface area (Å²) in [7, 11) is -3.50. The van der Waals surface area contributed by atoms with Gasteiger partial charge in [0.15, 0.2) is 9.84 Å². The molecule has 0 amide bonds. The second kappa shape index (κ2) is 7.80. The van der Waals surface area contributed by atoms with Crippen LogP contribution in [0, 0.1) is 6.92 Å². The molecule has 1 aromatic rings. The van der Waals surface area contributed by atoms with E-state index in [2.05, 4.69) is 6.92 Å². The van der Waals surface area contributed by atoms with E-state index < -0.39 is 15.8 Å². The van der Waals surface area contributed by atoms with E-state index in [-0.39, 0.29) is 26.8 Å². The molecule has 1 aromatic carbocycles. The molecule has 0 spiro atoms. The Morgan fingerprint density at radius 2 is 1.81 bits per heavy atom. The molecule has 21 heavy (non-hydrogen) atoms. The molecule has 6 heteroatoms. The van der Waals surface area contributed by atoms with E-state index in [0.29, 0.717) is 6.42 Å². The van der Waals surface area contributed by atoms with E-state index in [1.165, 1.54) is 19.1 Å². The third-order valence-electron chi connectivity index (χ3n) is 3.41. The number of rotatable bonds is 8. The average Bonchev–Trinajstić information content (AvgIpc) is 2.40. The average molecular weight is 333 g/mol. The maximum atomic E-state index is 12.4. The fourth-order valence-corrected chi connectivity index (χ4v) is 4.17. The Balaban J connectivity index is 2.95. The summed E-state index contributed by atoms with van der Waals surface area (Å²) >= 11 is 5.85. The lowest BCUT2D eigenvalue weighted by Crippen LogP contribution is -2.11. The maximum absolute atomic E-state index is 12.4. The summed E-state index contributed by atoms with van der Waals surface area (Å²) in [6.07, 6.45) is 4.65. The topological polar surface area (TPSA) is 71.4 Å². The minimum Gasteiger partial charge on any atom is -0.478 e. The number of hydrogen-bond acceptors (Lipinski definition) is 3. The van der Waals surface area contributed by atoms with Gasteiger partial charge in [-0.05, 0) is 31.0 Å². The largest absolute Gasteiger partial charge is 0.478 e. The van der Waals surface area contributed by atoms with Crippen LogP contribution in [0.5, 0.6) is 0 Å². The van der Waals surface area contributed by atoms with E-state index >= 15 is 0 Å². The molecule has 0 aromatic heterocycles. The molecule has 1 rings (SSSR count). The minimum absolute atomic E-state index is 0.0248. The second-order valence-corrected chi connectivity index (χ2v) is 7.63. The molecule has 0 radical (unpaired) electrons. The standard InChI is InChI=1S/C15H21ClO4S/c1-3-4-5-6-7-8-21(19,20)14-10-12(16)9-13(11(14)2)15(17)18/h9-10H,3-8H2,1-2H3,(H,17,18). The van der Waals surface area contributed by atoms with Crippen LogP contribution in [0.2, 0.25) is 5.02 Å². The van der Waals surface area contributed by atoms with E-state index in [0.717, 1.165) is 25.7 Å². The van der Waals surface area contributed by atoms with Gasteiger partial charge in [0.25, 0.3) is 0 Å². The molecule has 0 saturated heterocycles. The van der Waals surface area contributed by atoms with Gasteiger partial charge in [0, 0.05) is 5.02 Å². The number of benzene rings is 1. The molecule has 0 heterocycles. The number of sulfone groups is 1. The molecule has 0 fully saturated rings. The van der Waals surface area contributed by atoms with Crippen molar-refractivity contribution in [1.82, 2.24) is 0 Å². The molecule has 0 atom stereocenters. The minimum atomic E-state index is -3.50. The fraction of sp³-hybridized carbons (Fsp3) is 0.533. The number of aromatic carboxylic acids is 1. The highest BCUT2D eigenvalue weighted by atomic mass is 35.5. The van der Waals surface area contributed by atoms with Crippen LogP contribution >= 0.6 is 11.6 Å². The van der Waals surface area contributed by atoms with Crippen molar-refractivity contribution in [2.75, 3.05) is 5.75 Å². The third-order valence-corrected chi connectivity index (χ3v) is 5.55. The third kappa shape index (κ3) is 5.00. The van der Waals surface area contributed by atoms with Gasteiger partial charge >= 0.3 is 5.97 Å². The molecular formula is C15H21ClO4S. The van der Waals surface area contributed by atoms with Crippen LogP contribution in [0.4, 0.5) is 0 Å². The Kier molecular flexibility index (Phi) is 6.68. The first-order valence-electron chi connectivity index (χ1n) is 7.05. The summed E-state index contributed by atoms with van der Waals surface area (Å²) in [6.45, 7) is 3.60. The molecule has 0 unspecified atom stereocenters. The number of unbranched alkanes of at least 4 members (excludes halogenated alkanes) is 4. The van der Waals surface area contributed by atoms with Crippen molar-refractivity contribution in [3.8, 4) is 0 Å². The number of carbonyl (C=O) groups is 1.